The molecule has 14 heavy (non-hydrogen) atoms. The minimum absolute atomic E-state index is 0.177. The quantitative estimate of drug-likeness (QED) is 0.777. The number of rotatable bonds is 3. The van der Waals surface area contributed by atoms with Crippen LogP contribution in [0.1, 0.15) is 26.3 Å². The minimum atomic E-state index is -0.177. The highest BCUT2D eigenvalue weighted by Crippen LogP contribution is 2.16. The molecular weight excluding hydrogens is 177 g/mol. The summed E-state index contributed by atoms with van der Waals surface area (Å²) in [5.74, 6) is 0.363. The molecule has 1 nitrogen and oxygen atoms in total. The van der Waals surface area contributed by atoms with E-state index in [1.165, 1.54) is 12.1 Å². The molecule has 0 spiro atoms. The molecule has 1 N–H and O–H groups in total. The van der Waals surface area contributed by atoms with Crippen LogP contribution in [0.3, 0.4) is 0 Å². The second-order valence-corrected chi connectivity index (χ2v) is 4.19. The van der Waals surface area contributed by atoms with Crippen molar-refractivity contribution in [3.63, 3.8) is 0 Å². The number of hydrogen-bond donors (Lipinski definition) is 1. The Morgan fingerprint density at radius 1 is 1.14 bits per heavy atom. The van der Waals surface area contributed by atoms with Crippen molar-refractivity contribution in [2.45, 2.75) is 33.7 Å². The zero-order valence-corrected chi connectivity index (χ0v) is 9.26. The van der Waals surface area contributed by atoms with Crippen LogP contribution in [0.25, 0.3) is 0 Å². The molecule has 1 aromatic rings. The molecule has 0 heterocycles. The van der Waals surface area contributed by atoms with E-state index in [9.17, 15) is 4.39 Å². The molecule has 0 saturated heterocycles. The van der Waals surface area contributed by atoms with Crippen molar-refractivity contribution in [2.75, 3.05) is 5.32 Å². The molecule has 1 aromatic carbocycles. The van der Waals surface area contributed by atoms with Gasteiger partial charge < -0.3 is 5.32 Å². The standard InChI is InChI=1S/C12H18FN/c1-8(2)10(4)14-12-6-9(3)5-11(13)7-12/h5-8,10,14H,1-4H3/t10-/m0/s1. The molecule has 0 aromatic heterocycles. The van der Waals surface area contributed by atoms with Crippen molar-refractivity contribution in [3.05, 3.63) is 29.6 Å². The number of anilines is 1. The maximum atomic E-state index is 13.0. The van der Waals surface area contributed by atoms with E-state index in [-0.39, 0.29) is 5.82 Å². The molecule has 0 fully saturated rings. The first-order valence-electron chi connectivity index (χ1n) is 5.03. The first-order chi connectivity index (χ1) is 6.49. The summed E-state index contributed by atoms with van der Waals surface area (Å²) in [5.41, 5.74) is 1.81. The third-order valence-corrected chi connectivity index (χ3v) is 2.44. The highest BCUT2D eigenvalue weighted by molar-refractivity contribution is 5.46. The third-order valence-electron chi connectivity index (χ3n) is 2.44. The third kappa shape index (κ3) is 3.02. The highest BCUT2D eigenvalue weighted by atomic mass is 19.1. The highest BCUT2D eigenvalue weighted by Gasteiger charge is 2.07. The lowest BCUT2D eigenvalue weighted by molar-refractivity contribution is 0.559. The average Bonchev–Trinajstić information content (AvgIpc) is 2.01. The van der Waals surface area contributed by atoms with E-state index in [4.69, 9.17) is 0 Å². The van der Waals surface area contributed by atoms with E-state index in [1.54, 1.807) is 0 Å². The molecule has 0 bridgehead atoms. The zero-order valence-electron chi connectivity index (χ0n) is 9.26. The van der Waals surface area contributed by atoms with E-state index in [0.717, 1.165) is 11.3 Å². The predicted molar refractivity (Wildman–Crippen MR) is 59.1 cm³/mol. The van der Waals surface area contributed by atoms with Gasteiger partial charge in [0.1, 0.15) is 5.82 Å². The summed E-state index contributed by atoms with van der Waals surface area (Å²) in [7, 11) is 0. The summed E-state index contributed by atoms with van der Waals surface area (Å²) in [4.78, 5) is 0. The Hall–Kier alpha value is -1.05. The van der Waals surface area contributed by atoms with Crippen LogP contribution in [0.4, 0.5) is 10.1 Å². The lowest BCUT2D eigenvalue weighted by Crippen LogP contribution is -2.21. The normalized spacial score (nSPS) is 13.0. The average molecular weight is 195 g/mol. The molecule has 0 aliphatic heterocycles. The van der Waals surface area contributed by atoms with Crippen molar-refractivity contribution in [2.24, 2.45) is 5.92 Å². The molecule has 0 saturated carbocycles. The first-order valence-corrected chi connectivity index (χ1v) is 5.03. The van der Waals surface area contributed by atoms with Gasteiger partial charge in [-0.25, -0.2) is 4.39 Å². The van der Waals surface area contributed by atoms with Gasteiger partial charge in [-0.15, -0.1) is 0 Å². The van der Waals surface area contributed by atoms with E-state index < -0.39 is 0 Å². The molecule has 0 unspecified atom stereocenters. The van der Waals surface area contributed by atoms with E-state index >= 15 is 0 Å². The van der Waals surface area contributed by atoms with Gasteiger partial charge in [0.25, 0.3) is 0 Å². The fourth-order valence-corrected chi connectivity index (χ4v) is 1.25. The Bertz CT molecular complexity index is 287. The van der Waals surface area contributed by atoms with Gasteiger partial charge in [0.05, 0.1) is 0 Å². The molecular formula is C12H18FN. The van der Waals surface area contributed by atoms with Crippen LogP contribution in [-0.2, 0) is 0 Å². The Morgan fingerprint density at radius 2 is 1.79 bits per heavy atom. The molecule has 1 atom stereocenters. The van der Waals surface area contributed by atoms with Crippen LogP contribution in [0, 0.1) is 18.7 Å². The van der Waals surface area contributed by atoms with Crippen LogP contribution >= 0.6 is 0 Å². The van der Waals surface area contributed by atoms with Gasteiger partial charge in [-0.1, -0.05) is 13.8 Å². The van der Waals surface area contributed by atoms with Gasteiger partial charge in [0, 0.05) is 11.7 Å². The molecule has 78 valence electrons. The second-order valence-electron chi connectivity index (χ2n) is 4.19. The van der Waals surface area contributed by atoms with Gasteiger partial charge in [0.15, 0.2) is 0 Å². The van der Waals surface area contributed by atoms with Gasteiger partial charge in [-0.2, -0.15) is 0 Å². The molecule has 0 amide bonds. The van der Waals surface area contributed by atoms with Crippen LogP contribution in [-0.4, -0.2) is 6.04 Å². The summed E-state index contributed by atoms with van der Waals surface area (Å²) in [6.45, 7) is 8.28. The summed E-state index contributed by atoms with van der Waals surface area (Å²) in [5, 5.41) is 3.28. The van der Waals surface area contributed by atoms with Crippen LogP contribution in [0.2, 0.25) is 0 Å². The monoisotopic (exact) mass is 195 g/mol. The van der Waals surface area contributed by atoms with E-state index in [2.05, 4.69) is 26.1 Å². The van der Waals surface area contributed by atoms with Crippen molar-refractivity contribution in [3.8, 4) is 0 Å². The summed E-state index contributed by atoms with van der Waals surface area (Å²) in [6, 6.07) is 5.38. The minimum Gasteiger partial charge on any atom is -0.382 e. The van der Waals surface area contributed by atoms with Crippen molar-refractivity contribution < 1.29 is 4.39 Å². The summed E-state index contributed by atoms with van der Waals surface area (Å²) >= 11 is 0. The number of hydrogen-bond acceptors (Lipinski definition) is 1. The Labute approximate surface area is 85.3 Å². The van der Waals surface area contributed by atoms with Crippen molar-refractivity contribution in [1.82, 2.24) is 0 Å². The van der Waals surface area contributed by atoms with Gasteiger partial charge in [-0.3, -0.25) is 0 Å². The van der Waals surface area contributed by atoms with E-state index in [1.807, 2.05) is 13.0 Å². The summed E-state index contributed by atoms with van der Waals surface area (Å²) in [6.07, 6.45) is 0. The lowest BCUT2D eigenvalue weighted by atomic mass is 10.1. The molecule has 0 radical (unpaired) electrons. The molecule has 2 heteroatoms. The van der Waals surface area contributed by atoms with Crippen LogP contribution in [0.5, 0.6) is 0 Å². The number of benzene rings is 1. The molecule has 0 aliphatic rings. The van der Waals surface area contributed by atoms with Gasteiger partial charge in [0.2, 0.25) is 0 Å². The number of nitrogens with one attached hydrogen (secondary N) is 1. The van der Waals surface area contributed by atoms with Crippen molar-refractivity contribution >= 4 is 5.69 Å². The Morgan fingerprint density at radius 3 is 2.29 bits per heavy atom. The van der Waals surface area contributed by atoms with Crippen molar-refractivity contribution in [1.29, 1.82) is 0 Å². The smallest absolute Gasteiger partial charge is 0.125 e. The summed E-state index contributed by atoms with van der Waals surface area (Å²) < 4.78 is 13.0. The zero-order chi connectivity index (χ0) is 10.7. The predicted octanol–water partition coefficient (Wildman–Crippen LogP) is 3.59. The topological polar surface area (TPSA) is 12.0 Å². The van der Waals surface area contributed by atoms with Gasteiger partial charge >= 0.3 is 0 Å². The SMILES string of the molecule is Cc1cc(F)cc(N[C@@H](C)C(C)C)c1. The maximum absolute atomic E-state index is 13.0. The fourth-order valence-electron chi connectivity index (χ4n) is 1.25. The number of halogens is 1. The second kappa shape index (κ2) is 4.45. The van der Waals surface area contributed by atoms with E-state index in [0.29, 0.717) is 12.0 Å². The van der Waals surface area contributed by atoms with Gasteiger partial charge in [-0.05, 0) is 43.5 Å². The maximum Gasteiger partial charge on any atom is 0.125 e. The van der Waals surface area contributed by atoms with Crippen LogP contribution < -0.4 is 5.32 Å². The largest absolute Gasteiger partial charge is 0.382 e. The molecule has 0 aliphatic carbocycles. The fraction of sp³-hybridized carbons (Fsp3) is 0.500. The first kappa shape index (κ1) is 11.0. The Kier molecular flexibility index (Phi) is 3.50. The number of aryl methyl sites for hydroxylation is 1. The lowest BCUT2D eigenvalue weighted by Gasteiger charge is -2.19. The Balaban J connectivity index is 2.76. The van der Waals surface area contributed by atoms with Crippen LogP contribution in [0.15, 0.2) is 18.2 Å². The molecule has 1 rings (SSSR count).